The van der Waals surface area contributed by atoms with Crippen molar-refractivity contribution in [1.29, 1.82) is 0 Å². The molecule has 0 bridgehead atoms. The summed E-state index contributed by atoms with van der Waals surface area (Å²) in [6, 6.07) is 0. The third-order valence-electron chi connectivity index (χ3n) is 5.84. The minimum atomic E-state index is -2.82. The van der Waals surface area contributed by atoms with Crippen LogP contribution in [0.2, 0.25) is 0 Å². The van der Waals surface area contributed by atoms with Gasteiger partial charge in [-0.25, -0.2) is 13.4 Å². The molecule has 122 valence electrons. The van der Waals surface area contributed by atoms with E-state index in [-0.39, 0.29) is 11.7 Å². The Morgan fingerprint density at radius 1 is 1.23 bits per heavy atom. The summed E-state index contributed by atoms with van der Waals surface area (Å²) < 4.78 is 23.1. The summed E-state index contributed by atoms with van der Waals surface area (Å²) in [5.74, 6) is 1.49. The van der Waals surface area contributed by atoms with Crippen LogP contribution in [-0.2, 0) is 9.84 Å². The van der Waals surface area contributed by atoms with Gasteiger partial charge in [0.05, 0.1) is 17.2 Å². The summed E-state index contributed by atoms with van der Waals surface area (Å²) in [6.07, 6.45) is 9.21. The fourth-order valence-electron chi connectivity index (χ4n) is 3.99. The summed E-state index contributed by atoms with van der Waals surface area (Å²) in [4.78, 5) is 4.63. The molecule has 1 saturated heterocycles. The van der Waals surface area contributed by atoms with Gasteiger partial charge in [0.1, 0.15) is 0 Å². The first-order chi connectivity index (χ1) is 10.5. The number of sulfone groups is 1. The number of hydrogen-bond acceptors (Lipinski definition) is 5. The first-order valence-corrected chi connectivity index (χ1v) is 11.1. The molecule has 4 nitrogen and oxygen atoms in total. The molecular weight excluding hydrogens is 316 g/mol. The zero-order chi connectivity index (χ0) is 15.2. The van der Waals surface area contributed by atoms with Crippen LogP contribution in [0, 0.1) is 11.3 Å². The Kier molecular flexibility index (Phi) is 3.72. The Morgan fingerprint density at radius 3 is 2.64 bits per heavy atom. The van der Waals surface area contributed by atoms with Crippen molar-refractivity contribution < 1.29 is 8.42 Å². The highest BCUT2D eigenvalue weighted by Gasteiger charge is 2.44. The normalized spacial score (nSPS) is 29.7. The van der Waals surface area contributed by atoms with Crippen LogP contribution in [0.25, 0.3) is 0 Å². The molecule has 1 aromatic rings. The van der Waals surface area contributed by atoms with Crippen LogP contribution in [0.3, 0.4) is 0 Å². The van der Waals surface area contributed by atoms with Crippen LogP contribution in [0.5, 0.6) is 0 Å². The van der Waals surface area contributed by atoms with Crippen LogP contribution in [0.15, 0.2) is 5.38 Å². The lowest BCUT2D eigenvalue weighted by Crippen LogP contribution is -2.21. The summed E-state index contributed by atoms with van der Waals surface area (Å²) in [5, 5.41) is 6.48. The van der Waals surface area contributed by atoms with Crippen molar-refractivity contribution in [2.45, 2.75) is 50.9 Å². The summed E-state index contributed by atoms with van der Waals surface area (Å²) >= 11 is 1.62. The van der Waals surface area contributed by atoms with Crippen molar-refractivity contribution in [3.05, 3.63) is 11.1 Å². The van der Waals surface area contributed by atoms with E-state index in [1.165, 1.54) is 38.5 Å². The summed E-state index contributed by atoms with van der Waals surface area (Å²) in [6.45, 7) is 1.02. The second-order valence-electron chi connectivity index (χ2n) is 7.50. The molecular formula is C16H24N2O2S2. The van der Waals surface area contributed by atoms with Crippen LogP contribution >= 0.6 is 11.3 Å². The van der Waals surface area contributed by atoms with Gasteiger partial charge < -0.3 is 5.32 Å². The lowest BCUT2D eigenvalue weighted by atomic mass is 9.80. The average Bonchev–Trinajstić information content (AvgIpc) is 2.93. The van der Waals surface area contributed by atoms with Gasteiger partial charge in [-0.05, 0) is 56.3 Å². The van der Waals surface area contributed by atoms with E-state index in [0.717, 1.165) is 35.1 Å². The van der Waals surface area contributed by atoms with Crippen LogP contribution < -0.4 is 5.32 Å². The lowest BCUT2D eigenvalue weighted by molar-refractivity contribution is 0.266. The van der Waals surface area contributed by atoms with Gasteiger partial charge in [-0.15, -0.1) is 11.3 Å². The Bertz CT molecular complexity index is 639. The van der Waals surface area contributed by atoms with E-state index >= 15 is 0 Å². The standard InChI is InChI=1S/C16H24N2O2S2/c19-22(20)8-3-13(11-22)14-10-21-15(18-14)17-9-12-1-4-16(5-2-12)6-7-16/h10,12-13H,1-9,11H2,(H,17,18). The number of hydrogen-bond donors (Lipinski definition) is 1. The van der Waals surface area contributed by atoms with E-state index in [9.17, 15) is 8.42 Å². The number of rotatable bonds is 4. The molecule has 3 fully saturated rings. The maximum Gasteiger partial charge on any atom is 0.182 e. The highest BCUT2D eigenvalue weighted by atomic mass is 32.2. The molecule has 1 aliphatic heterocycles. The fraction of sp³-hybridized carbons (Fsp3) is 0.812. The molecule has 4 rings (SSSR count). The summed E-state index contributed by atoms with van der Waals surface area (Å²) in [5.41, 5.74) is 1.73. The molecule has 1 N–H and O–H groups in total. The first-order valence-electron chi connectivity index (χ1n) is 8.43. The number of thiazole rings is 1. The molecule has 2 aliphatic carbocycles. The predicted molar refractivity (Wildman–Crippen MR) is 90.2 cm³/mol. The van der Waals surface area contributed by atoms with Crippen molar-refractivity contribution in [3.63, 3.8) is 0 Å². The Labute approximate surface area is 136 Å². The van der Waals surface area contributed by atoms with Crippen molar-refractivity contribution in [2.24, 2.45) is 11.3 Å². The Morgan fingerprint density at radius 2 is 2.00 bits per heavy atom. The van der Waals surface area contributed by atoms with E-state index in [0.29, 0.717) is 5.75 Å². The van der Waals surface area contributed by atoms with E-state index in [4.69, 9.17) is 0 Å². The molecule has 1 aromatic heterocycles. The van der Waals surface area contributed by atoms with Gasteiger partial charge in [-0.3, -0.25) is 0 Å². The van der Waals surface area contributed by atoms with E-state index in [1.54, 1.807) is 11.3 Å². The maximum atomic E-state index is 11.6. The van der Waals surface area contributed by atoms with Crippen molar-refractivity contribution in [2.75, 3.05) is 23.4 Å². The molecule has 1 spiro atoms. The van der Waals surface area contributed by atoms with E-state index in [1.807, 2.05) is 5.38 Å². The second kappa shape index (κ2) is 5.48. The molecule has 2 saturated carbocycles. The van der Waals surface area contributed by atoms with Crippen molar-refractivity contribution in [3.8, 4) is 0 Å². The minimum Gasteiger partial charge on any atom is -0.361 e. The quantitative estimate of drug-likeness (QED) is 0.912. The summed E-state index contributed by atoms with van der Waals surface area (Å²) in [7, 11) is -2.82. The SMILES string of the molecule is O=S1(=O)CCC(c2csc(NCC3CCC4(CC3)CC4)n2)C1. The zero-order valence-electron chi connectivity index (χ0n) is 12.9. The van der Waals surface area contributed by atoms with Gasteiger partial charge in [0, 0.05) is 17.8 Å². The highest BCUT2D eigenvalue weighted by molar-refractivity contribution is 7.91. The van der Waals surface area contributed by atoms with Crippen LogP contribution in [0.4, 0.5) is 5.13 Å². The van der Waals surface area contributed by atoms with Crippen LogP contribution in [0.1, 0.15) is 56.6 Å². The predicted octanol–water partition coefficient (Wildman–Crippen LogP) is 3.43. The molecule has 6 heteroatoms. The maximum absolute atomic E-state index is 11.6. The topological polar surface area (TPSA) is 59.1 Å². The smallest absolute Gasteiger partial charge is 0.182 e. The first kappa shape index (κ1) is 14.9. The fourth-order valence-corrected chi connectivity index (χ4v) is 6.55. The van der Waals surface area contributed by atoms with E-state index in [2.05, 4.69) is 10.3 Å². The molecule has 22 heavy (non-hydrogen) atoms. The number of nitrogens with one attached hydrogen (secondary N) is 1. The Balaban J connectivity index is 1.29. The number of anilines is 1. The minimum absolute atomic E-state index is 0.112. The van der Waals surface area contributed by atoms with Gasteiger partial charge in [0.15, 0.2) is 15.0 Å². The van der Waals surface area contributed by atoms with Gasteiger partial charge in [0.2, 0.25) is 0 Å². The number of aromatic nitrogens is 1. The lowest BCUT2D eigenvalue weighted by Gasteiger charge is -2.28. The largest absolute Gasteiger partial charge is 0.361 e. The van der Waals surface area contributed by atoms with Crippen molar-refractivity contribution in [1.82, 2.24) is 4.98 Å². The third-order valence-corrected chi connectivity index (χ3v) is 8.42. The molecule has 1 atom stereocenters. The molecule has 2 heterocycles. The van der Waals surface area contributed by atoms with Gasteiger partial charge in [0.25, 0.3) is 0 Å². The van der Waals surface area contributed by atoms with Gasteiger partial charge >= 0.3 is 0 Å². The molecule has 0 aromatic carbocycles. The van der Waals surface area contributed by atoms with E-state index < -0.39 is 9.84 Å². The van der Waals surface area contributed by atoms with Crippen LogP contribution in [-0.4, -0.2) is 31.5 Å². The van der Waals surface area contributed by atoms with Crippen molar-refractivity contribution >= 4 is 26.3 Å². The van der Waals surface area contributed by atoms with Gasteiger partial charge in [-0.1, -0.05) is 0 Å². The van der Waals surface area contributed by atoms with Gasteiger partial charge in [-0.2, -0.15) is 0 Å². The molecule has 0 radical (unpaired) electrons. The monoisotopic (exact) mass is 340 g/mol. The Hall–Kier alpha value is -0.620. The second-order valence-corrected chi connectivity index (χ2v) is 10.6. The zero-order valence-corrected chi connectivity index (χ0v) is 14.5. The average molecular weight is 341 g/mol. The third kappa shape index (κ3) is 3.18. The molecule has 1 unspecified atom stereocenters. The highest BCUT2D eigenvalue weighted by Crippen LogP contribution is 2.57. The molecule has 0 amide bonds. The number of nitrogens with zero attached hydrogens (tertiary/aromatic N) is 1. The molecule has 3 aliphatic rings.